The fourth-order valence-corrected chi connectivity index (χ4v) is 3.79. The molecular formula is C24H21N5O2. The molecule has 0 aliphatic heterocycles. The number of aryl methyl sites for hydroxylation is 1. The molecule has 1 atom stereocenters. The second-order valence-electron chi connectivity index (χ2n) is 7.23. The first-order valence-corrected chi connectivity index (χ1v) is 10.0. The summed E-state index contributed by atoms with van der Waals surface area (Å²) in [7, 11) is 0. The lowest BCUT2D eigenvalue weighted by atomic mass is 10.1. The minimum absolute atomic E-state index is 0.240. The molecule has 7 nitrogen and oxygen atoms in total. The van der Waals surface area contributed by atoms with Crippen LogP contribution < -0.4 is 10.9 Å². The number of carbonyl (C=O) groups is 1. The van der Waals surface area contributed by atoms with Crippen molar-refractivity contribution >= 4 is 22.6 Å². The molecule has 1 amide bonds. The van der Waals surface area contributed by atoms with Crippen molar-refractivity contribution < 1.29 is 4.79 Å². The largest absolute Gasteiger partial charge is 0.308 e. The van der Waals surface area contributed by atoms with Gasteiger partial charge in [-0.2, -0.15) is 10.4 Å². The standard InChI is InChI=1S/C24H21N5O2/c1-3-20(28-21-12-8-7-11-19(21)16(2)13-22(28)30)24(31)27-23-17(14-25)15-26-29(23)18-9-5-4-6-10-18/h4-13,15,20H,3H2,1-2H3,(H,27,31). The van der Waals surface area contributed by atoms with Gasteiger partial charge in [0, 0.05) is 11.5 Å². The Hall–Kier alpha value is -4.18. The van der Waals surface area contributed by atoms with Crippen LogP contribution >= 0.6 is 0 Å². The van der Waals surface area contributed by atoms with Crippen molar-refractivity contribution in [2.75, 3.05) is 5.32 Å². The molecule has 4 aromatic rings. The SMILES string of the molecule is CCC(C(=O)Nc1c(C#N)cnn1-c1ccccc1)n1c(=O)cc(C)c2ccccc21. The number of fused-ring (bicyclic) bond motifs is 1. The van der Waals surface area contributed by atoms with E-state index in [4.69, 9.17) is 0 Å². The number of benzene rings is 2. The molecule has 0 bridgehead atoms. The Morgan fingerprint density at radius 3 is 2.58 bits per heavy atom. The minimum atomic E-state index is -0.747. The van der Waals surface area contributed by atoms with Gasteiger partial charge in [-0.1, -0.05) is 43.3 Å². The third kappa shape index (κ3) is 3.60. The Kier molecular flexibility index (Phi) is 5.37. The van der Waals surface area contributed by atoms with E-state index < -0.39 is 6.04 Å². The number of amides is 1. The number of nitriles is 1. The monoisotopic (exact) mass is 411 g/mol. The van der Waals surface area contributed by atoms with Crippen LogP contribution in [0.3, 0.4) is 0 Å². The Bertz CT molecular complexity index is 1360. The summed E-state index contributed by atoms with van der Waals surface area (Å²) in [5.74, 6) is -0.102. The molecule has 7 heteroatoms. The Balaban J connectivity index is 1.78. The van der Waals surface area contributed by atoms with Crippen LogP contribution in [0, 0.1) is 18.3 Å². The quantitative estimate of drug-likeness (QED) is 0.538. The topological polar surface area (TPSA) is 92.7 Å². The summed E-state index contributed by atoms with van der Waals surface area (Å²) in [5, 5.41) is 17.5. The lowest BCUT2D eigenvalue weighted by molar-refractivity contribution is -0.119. The smallest absolute Gasteiger partial charge is 0.252 e. The fraction of sp³-hybridized carbons (Fsp3) is 0.167. The molecule has 0 aliphatic rings. The predicted molar refractivity (Wildman–Crippen MR) is 119 cm³/mol. The van der Waals surface area contributed by atoms with Crippen LogP contribution in [0.25, 0.3) is 16.6 Å². The summed E-state index contributed by atoms with van der Waals surface area (Å²) in [6.45, 7) is 3.73. The van der Waals surface area contributed by atoms with Gasteiger partial charge in [0.25, 0.3) is 5.56 Å². The molecule has 31 heavy (non-hydrogen) atoms. The first-order valence-electron chi connectivity index (χ1n) is 10.0. The maximum absolute atomic E-state index is 13.4. The summed E-state index contributed by atoms with van der Waals surface area (Å²) in [6, 6.07) is 19.6. The number of pyridine rings is 1. The lowest BCUT2D eigenvalue weighted by Gasteiger charge is -2.21. The molecule has 0 aliphatic carbocycles. The van der Waals surface area contributed by atoms with Gasteiger partial charge in [0.15, 0.2) is 5.82 Å². The van der Waals surface area contributed by atoms with Gasteiger partial charge in [-0.05, 0) is 37.1 Å². The summed E-state index contributed by atoms with van der Waals surface area (Å²) < 4.78 is 3.03. The number of nitrogens with zero attached hydrogens (tertiary/aromatic N) is 4. The van der Waals surface area contributed by atoms with Gasteiger partial charge in [-0.3, -0.25) is 14.2 Å². The van der Waals surface area contributed by atoms with Gasteiger partial charge < -0.3 is 5.32 Å². The van der Waals surface area contributed by atoms with Gasteiger partial charge in [0.2, 0.25) is 5.91 Å². The number of aromatic nitrogens is 3. The van der Waals surface area contributed by atoms with Crippen molar-refractivity contribution in [3.05, 3.63) is 88.3 Å². The van der Waals surface area contributed by atoms with Crippen LogP contribution in [-0.2, 0) is 4.79 Å². The molecule has 2 aromatic carbocycles. The van der Waals surface area contributed by atoms with Gasteiger partial charge in [-0.15, -0.1) is 0 Å². The van der Waals surface area contributed by atoms with Crippen LogP contribution in [-0.4, -0.2) is 20.3 Å². The van der Waals surface area contributed by atoms with E-state index in [2.05, 4.69) is 16.5 Å². The highest BCUT2D eigenvalue weighted by Crippen LogP contribution is 2.24. The van der Waals surface area contributed by atoms with Crippen molar-refractivity contribution in [3.8, 4) is 11.8 Å². The molecule has 2 heterocycles. The first kappa shape index (κ1) is 20.1. The number of rotatable bonds is 5. The molecule has 154 valence electrons. The van der Waals surface area contributed by atoms with Crippen molar-refractivity contribution in [3.63, 3.8) is 0 Å². The maximum atomic E-state index is 13.4. The van der Waals surface area contributed by atoms with Crippen molar-refractivity contribution in [1.82, 2.24) is 14.3 Å². The Morgan fingerprint density at radius 2 is 1.87 bits per heavy atom. The van der Waals surface area contributed by atoms with Crippen molar-refractivity contribution in [1.29, 1.82) is 5.26 Å². The zero-order valence-corrected chi connectivity index (χ0v) is 17.2. The van der Waals surface area contributed by atoms with Crippen LogP contribution in [0.4, 0.5) is 5.82 Å². The van der Waals surface area contributed by atoms with E-state index in [0.29, 0.717) is 17.6 Å². The normalized spacial score (nSPS) is 11.8. The molecule has 4 rings (SSSR count). The maximum Gasteiger partial charge on any atom is 0.252 e. The molecule has 0 saturated carbocycles. The second-order valence-corrected chi connectivity index (χ2v) is 7.23. The van der Waals surface area contributed by atoms with E-state index in [-0.39, 0.29) is 22.8 Å². The van der Waals surface area contributed by atoms with Crippen LogP contribution in [0.5, 0.6) is 0 Å². The molecule has 1 unspecified atom stereocenters. The zero-order valence-electron chi connectivity index (χ0n) is 17.2. The molecule has 2 aromatic heterocycles. The predicted octanol–water partition coefficient (Wildman–Crippen LogP) is 3.96. The number of anilines is 1. The zero-order chi connectivity index (χ0) is 22.0. The number of carbonyl (C=O) groups excluding carboxylic acids is 1. The average Bonchev–Trinajstić information content (AvgIpc) is 3.19. The van der Waals surface area contributed by atoms with E-state index in [1.54, 1.807) is 6.07 Å². The number of hydrogen-bond acceptors (Lipinski definition) is 4. The van der Waals surface area contributed by atoms with Crippen LogP contribution in [0.15, 0.2) is 71.7 Å². The molecule has 1 N–H and O–H groups in total. The molecule has 0 fully saturated rings. The molecular weight excluding hydrogens is 390 g/mol. The summed E-state index contributed by atoms with van der Waals surface area (Å²) in [4.78, 5) is 26.2. The first-order chi connectivity index (χ1) is 15.0. The highest BCUT2D eigenvalue weighted by atomic mass is 16.2. The van der Waals surface area contributed by atoms with E-state index in [0.717, 1.165) is 10.9 Å². The van der Waals surface area contributed by atoms with Crippen LogP contribution in [0.1, 0.15) is 30.5 Å². The summed E-state index contributed by atoms with van der Waals surface area (Å²) in [6.07, 6.45) is 1.82. The summed E-state index contributed by atoms with van der Waals surface area (Å²) in [5.41, 5.74) is 2.28. The van der Waals surface area contributed by atoms with E-state index >= 15 is 0 Å². The number of para-hydroxylation sites is 2. The summed E-state index contributed by atoms with van der Waals surface area (Å²) >= 11 is 0. The van der Waals surface area contributed by atoms with E-state index in [9.17, 15) is 14.9 Å². The number of nitrogens with one attached hydrogen (secondary N) is 1. The van der Waals surface area contributed by atoms with Gasteiger partial charge in [0.1, 0.15) is 17.7 Å². The Labute approximate surface area is 179 Å². The fourth-order valence-electron chi connectivity index (χ4n) is 3.79. The molecule has 0 saturated heterocycles. The number of hydrogen-bond donors (Lipinski definition) is 1. The van der Waals surface area contributed by atoms with Crippen molar-refractivity contribution in [2.45, 2.75) is 26.3 Å². The minimum Gasteiger partial charge on any atom is -0.308 e. The second kappa shape index (κ2) is 8.28. The Morgan fingerprint density at radius 1 is 1.16 bits per heavy atom. The third-order valence-corrected chi connectivity index (χ3v) is 5.30. The van der Waals surface area contributed by atoms with Gasteiger partial charge in [0.05, 0.1) is 17.4 Å². The van der Waals surface area contributed by atoms with Gasteiger partial charge in [-0.25, -0.2) is 4.68 Å². The lowest BCUT2D eigenvalue weighted by Crippen LogP contribution is -2.34. The molecule has 0 radical (unpaired) electrons. The van der Waals surface area contributed by atoms with Gasteiger partial charge >= 0.3 is 0 Å². The highest BCUT2D eigenvalue weighted by molar-refractivity contribution is 5.95. The third-order valence-electron chi connectivity index (χ3n) is 5.30. The average molecular weight is 411 g/mol. The van der Waals surface area contributed by atoms with E-state index in [1.165, 1.54) is 15.4 Å². The van der Waals surface area contributed by atoms with Crippen molar-refractivity contribution in [2.24, 2.45) is 0 Å². The van der Waals surface area contributed by atoms with E-state index in [1.807, 2.05) is 68.4 Å². The molecule has 0 spiro atoms. The van der Waals surface area contributed by atoms with Crippen LogP contribution in [0.2, 0.25) is 0 Å². The highest BCUT2D eigenvalue weighted by Gasteiger charge is 2.25.